The van der Waals surface area contributed by atoms with Gasteiger partial charge in [0.1, 0.15) is 10.6 Å². The number of thiocarbonyl (C=S) groups is 1. The number of piperazine rings is 1. The maximum atomic E-state index is 13.1. The fraction of sp³-hybridized carbons (Fsp3) is 0.238. The summed E-state index contributed by atoms with van der Waals surface area (Å²) in [6, 6.07) is 9.65. The summed E-state index contributed by atoms with van der Waals surface area (Å²) in [4.78, 5) is 27.8. The normalized spacial score (nSPS) is 13.8. The summed E-state index contributed by atoms with van der Waals surface area (Å²) in [7, 11) is 1.44. The van der Waals surface area contributed by atoms with Gasteiger partial charge in [-0.2, -0.15) is 0 Å². The second kappa shape index (κ2) is 9.68. The van der Waals surface area contributed by atoms with Crippen LogP contribution in [0.3, 0.4) is 0 Å². The van der Waals surface area contributed by atoms with E-state index in [1.807, 2.05) is 11.0 Å². The van der Waals surface area contributed by atoms with Gasteiger partial charge in [0.15, 0.2) is 5.11 Å². The SMILES string of the molecule is COc1cc([N+](=O)[O-])ccc1NC(=S)N1CCN(C(=O)c2sc3cc(Cl)ccc3c2Cl)CC1. The van der Waals surface area contributed by atoms with Crippen molar-refractivity contribution in [2.45, 2.75) is 0 Å². The molecule has 1 aromatic heterocycles. The van der Waals surface area contributed by atoms with Crippen LogP contribution in [0.4, 0.5) is 11.4 Å². The molecular formula is C21H18Cl2N4O4S2. The van der Waals surface area contributed by atoms with Gasteiger partial charge in [0, 0.05) is 47.4 Å². The number of anilines is 1. The van der Waals surface area contributed by atoms with Crippen LogP contribution >= 0.6 is 46.8 Å². The smallest absolute Gasteiger partial charge is 0.273 e. The van der Waals surface area contributed by atoms with E-state index in [0.717, 1.165) is 10.1 Å². The van der Waals surface area contributed by atoms with E-state index in [2.05, 4.69) is 5.32 Å². The Balaban J connectivity index is 1.41. The number of carbonyl (C=O) groups excluding carboxylic acids is 1. The molecule has 172 valence electrons. The number of amides is 1. The van der Waals surface area contributed by atoms with Crippen LogP contribution in [0, 0.1) is 10.1 Å². The molecule has 0 radical (unpaired) electrons. The number of non-ortho nitro benzene ring substituents is 1. The van der Waals surface area contributed by atoms with E-state index in [-0.39, 0.29) is 11.6 Å². The Morgan fingerprint density at radius 2 is 1.85 bits per heavy atom. The number of ether oxygens (including phenoxy) is 1. The van der Waals surface area contributed by atoms with Crippen molar-refractivity contribution in [3.8, 4) is 5.75 Å². The van der Waals surface area contributed by atoms with Crippen molar-refractivity contribution >= 4 is 79.2 Å². The van der Waals surface area contributed by atoms with Crippen molar-refractivity contribution in [1.29, 1.82) is 0 Å². The lowest BCUT2D eigenvalue weighted by Gasteiger charge is -2.36. The molecule has 0 bridgehead atoms. The van der Waals surface area contributed by atoms with Gasteiger partial charge in [-0.1, -0.05) is 29.3 Å². The molecule has 4 rings (SSSR count). The Bertz CT molecular complexity index is 1260. The Labute approximate surface area is 208 Å². The van der Waals surface area contributed by atoms with Crippen LogP contribution in [0.1, 0.15) is 9.67 Å². The number of halogens is 2. The van der Waals surface area contributed by atoms with Gasteiger partial charge in [-0.3, -0.25) is 14.9 Å². The molecule has 1 aliphatic heterocycles. The molecule has 33 heavy (non-hydrogen) atoms. The molecule has 1 aliphatic rings. The number of methoxy groups -OCH3 is 1. The fourth-order valence-corrected chi connectivity index (χ4v) is 5.57. The van der Waals surface area contributed by atoms with Crippen LogP contribution in [0.5, 0.6) is 5.75 Å². The van der Waals surface area contributed by atoms with E-state index in [1.165, 1.54) is 30.6 Å². The lowest BCUT2D eigenvalue weighted by molar-refractivity contribution is -0.384. The Kier molecular flexibility index (Phi) is 6.89. The summed E-state index contributed by atoms with van der Waals surface area (Å²) < 4.78 is 6.12. The number of benzene rings is 2. The van der Waals surface area contributed by atoms with E-state index in [9.17, 15) is 14.9 Å². The number of nitro groups is 1. The van der Waals surface area contributed by atoms with E-state index in [4.69, 9.17) is 40.2 Å². The average Bonchev–Trinajstić information content (AvgIpc) is 3.14. The number of thiophene rings is 1. The minimum Gasteiger partial charge on any atom is -0.494 e. The van der Waals surface area contributed by atoms with E-state index >= 15 is 0 Å². The molecular weight excluding hydrogens is 507 g/mol. The second-order valence-corrected chi connectivity index (χ2v) is 9.49. The van der Waals surface area contributed by atoms with Gasteiger partial charge < -0.3 is 19.9 Å². The third kappa shape index (κ3) is 4.84. The van der Waals surface area contributed by atoms with Crippen molar-refractivity contribution in [3.05, 3.63) is 61.4 Å². The van der Waals surface area contributed by atoms with Gasteiger partial charge in [0.05, 0.1) is 28.8 Å². The molecule has 12 heteroatoms. The first-order valence-corrected chi connectivity index (χ1v) is 11.8. The average molecular weight is 525 g/mol. The largest absolute Gasteiger partial charge is 0.494 e. The van der Waals surface area contributed by atoms with Crippen molar-refractivity contribution in [2.24, 2.45) is 0 Å². The predicted octanol–water partition coefficient (Wildman–Crippen LogP) is 5.28. The van der Waals surface area contributed by atoms with Crippen molar-refractivity contribution in [2.75, 3.05) is 38.6 Å². The number of hydrogen-bond donors (Lipinski definition) is 1. The highest BCUT2D eigenvalue weighted by Gasteiger charge is 2.27. The Morgan fingerprint density at radius 3 is 2.52 bits per heavy atom. The third-order valence-corrected chi connectivity index (χ3v) is 7.52. The molecule has 2 heterocycles. The number of rotatable bonds is 4. The highest BCUT2D eigenvalue weighted by atomic mass is 35.5. The number of fused-ring (bicyclic) bond motifs is 1. The number of nitrogens with zero attached hydrogens (tertiary/aromatic N) is 3. The summed E-state index contributed by atoms with van der Waals surface area (Å²) in [5, 5.41) is 16.4. The Hall–Kier alpha value is -2.66. The van der Waals surface area contributed by atoms with Crippen molar-refractivity contribution in [1.82, 2.24) is 9.80 Å². The van der Waals surface area contributed by atoms with Crippen LogP contribution < -0.4 is 10.1 Å². The van der Waals surface area contributed by atoms with Gasteiger partial charge in [-0.15, -0.1) is 11.3 Å². The first kappa shape index (κ1) is 23.5. The van der Waals surface area contributed by atoms with Crippen LogP contribution in [-0.4, -0.2) is 59.0 Å². The molecule has 1 N–H and O–H groups in total. The molecule has 0 spiro atoms. The maximum Gasteiger partial charge on any atom is 0.273 e. The van der Waals surface area contributed by atoms with Crippen LogP contribution in [0.25, 0.3) is 10.1 Å². The lowest BCUT2D eigenvalue weighted by Crippen LogP contribution is -2.51. The predicted molar refractivity (Wildman–Crippen MR) is 135 cm³/mol. The van der Waals surface area contributed by atoms with Gasteiger partial charge in [0.2, 0.25) is 0 Å². The van der Waals surface area contributed by atoms with Crippen molar-refractivity contribution in [3.63, 3.8) is 0 Å². The number of nitrogens with one attached hydrogen (secondary N) is 1. The monoisotopic (exact) mass is 524 g/mol. The molecule has 0 unspecified atom stereocenters. The molecule has 2 aromatic carbocycles. The zero-order valence-corrected chi connectivity index (χ0v) is 20.5. The van der Waals surface area contributed by atoms with Gasteiger partial charge >= 0.3 is 0 Å². The maximum absolute atomic E-state index is 13.1. The standard InChI is InChI=1S/C21H18Cl2N4O4S2/c1-31-16-11-13(27(29)30)3-5-15(16)24-21(32)26-8-6-25(7-9-26)20(28)19-18(23)14-4-2-12(22)10-17(14)33-19/h2-5,10-11H,6-9H2,1H3,(H,24,32). The first-order valence-electron chi connectivity index (χ1n) is 9.83. The summed E-state index contributed by atoms with van der Waals surface area (Å²) in [5.41, 5.74) is 0.458. The highest BCUT2D eigenvalue weighted by molar-refractivity contribution is 7.80. The van der Waals surface area contributed by atoms with Crippen LogP contribution in [0.2, 0.25) is 10.0 Å². The number of carbonyl (C=O) groups is 1. The van der Waals surface area contributed by atoms with Crippen LogP contribution in [-0.2, 0) is 0 Å². The zero-order chi connectivity index (χ0) is 23.7. The summed E-state index contributed by atoms with van der Waals surface area (Å²) in [5.74, 6) is 0.202. The zero-order valence-electron chi connectivity index (χ0n) is 17.3. The molecule has 1 amide bonds. The summed E-state index contributed by atoms with van der Waals surface area (Å²) >= 11 is 19.4. The minimum atomic E-state index is -0.488. The molecule has 1 fully saturated rings. The summed E-state index contributed by atoms with van der Waals surface area (Å²) in [6.45, 7) is 2.01. The molecule has 1 saturated heterocycles. The molecule has 8 nitrogen and oxygen atoms in total. The number of nitro benzene ring substituents is 1. The fourth-order valence-electron chi connectivity index (χ4n) is 3.52. The highest BCUT2D eigenvalue weighted by Crippen LogP contribution is 2.37. The quantitative estimate of drug-likeness (QED) is 0.282. The van der Waals surface area contributed by atoms with E-state index in [1.54, 1.807) is 23.1 Å². The van der Waals surface area contributed by atoms with Crippen molar-refractivity contribution < 1.29 is 14.5 Å². The van der Waals surface area contributed by atoms with Gasteiger partial charge in [-0.05, 0) is 30.4 Å². The molecule has 0 aliphatic carbocycles. The van der Waals surface area contributed by atoms with E-state index < -0.39 is 4.92 Å². The summed E-state index contributed by atoms with van der Waals surface area (Å²) in [6.07, 6.45) is 0. The molecule has 0 atom stereocenters. The minimum absolute atomic E-state index is 0.0717. The Morgan fingerprint density at radius 1 is 1.15 bits per heavy atom. The molecule has 3 aromatic rings. The molecule has 0 saturated carbocycles. The third-order valence-electron chi connectivity index (χ3n) is 5.28. The second-order valence-electron chi connectivity index (χ2n) is 7.24. The van der Waals surface area contributed by atoms with Crippen LogP contribution in [0.15, 0.2) is 36.4 Å². The first-order chi connectivity index (χ1) is 15.8. The van der Waals surface area contributed by atoms with Gasteiger partial charge in [0.25, 0.3) is 11.6 Å². The topological polar surface area (TPSA) is 87.9 Å². The van der Waals surface area contributed by atoms with Gasteiger partial charge in [-0.25, -0.2) is 0 Å². The number of hydrogen-bond acceptors (Lipinski definition) is 6. The van der Waals surface area contributed by atoms with E-state index in [0.29, 0.717) is 57.7 Å². The lowest BCUT2D eigenvalue weighted by atomic mass is 10.2.